The summed E-state index contributed by atoms with van der Waals surface area (Å²) in [5.41, 5.74) is 6.49. The molecule has 1 aromatic rings. The van der Waals surface area contributed by atoms with Gasteiger partial charge in [-0.05, 0) is 17.7 Å². The lowest BCUT2D eigenvalue weighted by molar-refractivity contribution is -0.133. The first-order valence-electron chi connectivity index (χ1n) is 4.80. The van der Waals surface area contributed by atoms with Crippen LogP contribution in [0.3, 0.4) is 0 Å². The summed E-state index contributed by atoms with van der Waals surface area (Å²) >= 11 is 11.6. The maximum Gasteiger partial charge on any atom is 0.390 e. The number of benzene rings is 1. The highest BCUT2D eigenvalue weighted by Crippen LogP contribution is 2.28. The Morgan fingerprint density at radius 3 is 2.18 bits per heavy atom. The van der Waals surface area contributed by atoms with Crippen LogP contribution >= 0.6 is 23.2 Å². The van der Waals surface area contributed by atoms with E-state index in [0.717, 1.165) is 0 Å². The molecule has 0 radical (unpaired) electrons. The van der Waals surface area contributed by atoms with E-state index in [1.54, 1.807) is 12.1 Å². The van der Waals surface area contributed by atoms with E-state index in [9.17, 15) is 13.2 Å². The molecule has 0 aromatic heterocycles. The molecule has 7 heteroatoms. The van der Waals surface area contributed by atoms with Gasteiger partial charge in [-0.15, -0.1) is 0 Å². The lowest BCUT2D eigenvalue weighted by Crippen LogP contribution is -2.21. The molecule has 0 aliphatic rings. The van der Waals surface area contributed by atoms with E-state index >= 15 is 0 Å². The second kappa shape index (κ2) is 5.80. The maximum absolute atomic E-state index is 11.9. The van der Waals surface area contributed by atoms with Crippen molar-refractivity contribution in [3.05, 3.63) is 27.7 Å². The standard InChI is InChI=1S/C10H11Cl2F3N2/c11-7-3-6(4-8(12)9(7)16)5-17-2-1-10(13,14)15/h3-4,17H,1-2,5,16H2. The van der Waals surface area contributed by atoms with Crippen LogP contribution in [-0.4, -0.2) is 12.7 Å². The topological polar surface area (TPSA) is 38.0 Å². The molecule has 0 saturated carbocycles. The number of rotatable bonds is 4. The molecule has 3 N–H and O–H groups in total. The van der Waals surface area contributed by atoms with Gasteiger partial charge in [0, 0.05) is 13.1 Å². The Hall–Kier alpha value is -0.650. The second-order valence-corrected chi connectivity index (χ2v) is 4.33. The molecule has 0 unspecified atom stereocenters. The Balaban J connectivity index is 2.48. The minimum Gasteiger partial charge on any atom is -0.396 e. The van der Waals surface area contributed by atoms with Crippen molar-refractivity contribution in [2.24, 2.45) is 0 Å². The highest BCUT2D eigenvalue weighted by Gasteiger charge is 2.25. The fourth-order valence-electron chi connectivity index (χ4n) is 1.20. The Bertz CT molecular complexity index is 371. The number of hydrogen-bond acceptors (Lipinski definition) is 2. The first kappa shape index (κ1) is 14.4. The number of nitrogens with two attached hydrogens (primary N) is 1. The van der Waals surface area contributed by atoms with Crippen LogP contribution in [0, 0.1) is 0 Å². The third-order valence-electron chi connectivity index (χ3n) is 2.05. The van der Waals surface area contributed by atoms with Gasteiger partial charge in [0.15, 0.2) is 0 Å². The summed E-state index contributed by atoms with van der Waals surface area (Å²) in [6, 6.07) is 3.15. The Morgan fingerprint density at radius 2 is 1.71 bits per heavy atom. The first-order chi connectivity index (χ1) is 7.79. The zero-order valence-corrected chi connectivity index (χ0v) is 10.3. The molecule has 0 bridgehead atoms. The smallest absolute Gasteiger partial charge is 0.390 e. The van der Waals surface area contributed by atoms with Crippen molar-refractivity contribution in [1.29, 1.82) is 0 Å². The van der Waals surface area contributed by atoms with Gasteiger partial charge in [0.1, 0.15) is 0 Å². The van der Waals surface area contributed by atoms with E-state index in [1.807, 2.05) is 0 Å². The van der Waals surface area contributed by atoms with Crippen molar-refractivity contribution in [3.63, 3.8) is 0 Å². The molecule has 1 aromatic carbocycles. The molecular formula is C10H11Cl2F3N2. The van der Waals surface area contributed by atoms with Crippen LogP contribution in [0.4, 0.5) is 18.9 Å². The highest BCUT2D eigenvalue weighted by atomic mass is 35.5. The molecule has 0 aliphatic heterocycles. The lowest BCUT2D eigenvalue weighted by Gasteiger charge is -2.09. The van der Waals surface area contributed by atoms with Crippen LogP contribution in [0.1, 0.15) is 12.0 Å². The van der Waals surface area contributed by atoms with Crippen LogP contribution < -0.4 is 11.1 Å². The van der Waals surface area contributed by atoms with Crippen molar-refractivity contribution >= 4 is 28.9 Å². The van der Waals surface area contributed by atoms with E-state index < -0.39 is 12.6 Å². The summed E-state index contributed by atoms with van der Waals surface area (Å²) in [6.45, 7) is 0.110. The molecule has 0 fully saturated rings. The number of hydrogen-bond donors (Lipinski definition) is 2. The quantitative estimate of drug-likeness (QED) is 0.655. The van der Waals surface area contributed by atoms with Crippen molar-refractivity contribution in [3.8, 4) is 0 Å². The number of anilines is 1. The van der Waals surface area contributed by atoms with Gasteiger partial charge in [0.05, 0.1) is 22.2 Å². The molecule has 96 valence electrons. The van der Waals surface area contributed by atoms with Gasteiger partial charge in [-0.25, -0.2) is 0 Å². The molecule has 0 spiro atoms. The zero-order valence-electron chi connectivity index (χ0n) is 8.74. The van der Waals surface area contributed by atoms with Crippen LogP contribution in [0.2, 0.25) is 10.0 Å². The van der Waals surface area contributed by atoms with Crippen molar-refractivity contribution in [2.45, 2.75) is 19.1 Å². The van der Waals surface area contributed by atoms with E-state index in [1.165, 1.54) is 0 Å². The molecule has 0 atom stereocenters. The minimum absolute atomic E-state index is 0.150. The monoisotopic (exact) mass is 286 g/mol. The first-order valence-corrected chi connectivity index (χ1v) is 5.56. The number of halogens is 5. The Labute approximate surface area is 107 Å². The largest absolute Gasteiger partial charge is 0.396 e. The average molecular weight is 287 g/mol. The molecular weight excluding hydrogens is 276 g/mol. The molecule has 0 saturated heterocycles. The Morgan fingerprint density at radius 1 is 1.18 bits per heavy atom. The van der Waals surface area contributed by atoms with Gasteiger partial charge < -0.3 is 11.1 Å². The average Bonchev–Trinajstić information content (AvgIpc) is 2.19. The molecule has 2 nitrogen and oxygen atoms in total. The van der Waals surface area contributed by atoms with Crippen LogP contribution in [0.15, 0.2) is 12.1 Å². The summed E-state index contributed by atoms with van der Waals surface area (Å²) in [6.07, 6.45) is -5.02. The summed E-state index contributed by atoms with van der Waals surface area (Å²) < 4.78 is 35.6. The van der Waals surface area contributed by atoms with Crippen LogP contribution in [-0.2, 0) is 6.54 Å². The lowest BCUT2D eigenvalue weighted by atomic mass is 10.2. The molecule has 1 rings (SSSR count). The predicted molar refractivity (Wildman–Crippen MR) is 63.3 cm³/mol. The van der Waals surface area contributed by atoms with E-state index in [2.05, 4.69) is 5.32 Å². The fourth-order valence-corrected chi connectivity index (χ4v) is 1.73. The second-order valence-electron chi connectivity index (χ2n) is 3.52. The summed E-state index contributed by atoms with van der Waals surface area (Å²) in [4.78, 5) is 0. The van der Waals surface area contributed by atoms with Gasteiger partial charge >= 0.3 is 6.18 Å². The van der Waals surface area contributed by atoms with Gasteiger partial charge in [-0.1, -0.05) is 23.2 Å². The molecule has 17 heavy (non-hydrogen) atoms. The van der Waals surface area contributed by atoms with E-state index in [-0.39, 0.29) is 18.8 Å². The minimum atomic E-state index is -4.15. The Kier molecular flexibility index (Phi) is 4.91. The van der Waals surface area contributed by atoms with Crippen molar-refractivity contribution in [2.75, 3.05) is 12.3 Å². The fraction of sp³-hybridized carbons (Fsp3) is 0.400. The van der Waals surface area contributed by atoms with Gasteiger partial charge in [0.25, 0.3) is 0 Å². The van der Waals surface area contributed by atoms with Crippen LogP contribution in [0.25, 0.3) is 0 Å². The number of nitrogens with one attached hydrogen (secondary N) is 1. The zero-order chi connectivity index (χ0) is 13.1. The van der Waals surface area contributed by atoms with Gasteiger partial charge in [-0.3, -0.25) is 0 Å². The molecule has 0 amide bonds. The van der Waals surface area contributed by atoms with E-state index in [0.29, 0.717) is 15.6 Å². The third-order valence-corrected chi connectivity index (χ3v) is 2.68. The van der Waals surface area contributed by atoms with Gasteiger partial charge in [-0.2, -0.15) is 13.2 Å². The molecule has 0 heterocycles. The summed E-state index contributed by atoms with van der Waals surface area (Å²) in [5.74, 6) is 0. The highest BCUT2D eigenvalue weighted by molar-refractivity contribution is 6.38. The predicted octanol–water partition coefficient (Wildman–Crippen LogP) is 3.62. The van der Waals surface area contributed by atoms with E-state index in [4.69, 9.17) is 28.9 Å². The van der Waals surface area contributed by atoms with Gasteiger partial charge in [0.2, 0.25) is 0 Å². The third kappa shape index (κ3) is 5.02. The SMILES string of the molecule is Nc1c(Cl)cc(CNCCC(F)(F)F)cc1Cl. The summed E-state index contributed by atoms with van der Waals surface area (Å²) in [5, 5.41) is 3.25. The number of nitrogen functional groups attached to an aromatic ring is 1. The van der Waals surface area contributed by atoms with Crippen LogP contribution in [0.5, 0.6) is 0 Å². The normalized spacial score (nSPS) is 11.8. The maximum atomic E-state index is 11.9. The van der Waals surface area contributed by atoms with Crippen molar-refractivity contribution in [1.82, 2.24) is 5.32 Å². The number of alkyl halides is 3. The summed E-state index contributed by atoms with van der Waals surface area (Å²) in [7, 11) is 0. The van der Waals surface area contributed by atoms with Crippen molar-refractivity contribution < 1.29 is 13.2 Å². The molecule has 0 aliphatic carbocycles.